The van der Waals surface area contributed by atoms with E-state index in [2.05, 4.69) is 17.4 Å². The van der Waals surface area contributed by atoms with Crippen LogP contribution in [0.2, 0.25) is 0 Å². The zero-order valence-corrected chi connectivity index (χ0v) is 15.0. The Bertz CT molecular complexity index is 711. The minimum atomic E-state index is -0.643. The first-order valence-corrected chi connectivity index (χ1v) is 8.87. The molecule has 2 unspecified atom stereocenters. The van der Waals surface area contributed by atoms with Gasteiger partial charge >= 0.3 is 0 Å². The van der Waals surface area contributed by atoms with Crippen LogP contribution in [-0.2, 0) is 12.0 Å². The van der Waals surface area contributed by atoms with Crippen LogP contribution in [0, 0.1) is 13.8 Å². The molecule has 0 saturated carbocycles. The highest BCUT2D eigenvalue weighted by molar-refractivity contribution is 5.40. The SMILES string of the molecule is Cc1cccc(C)c1OCC(O)CNC1(CO)CCc2ccccc21. The second-order valence-corrected chi connectivity index (χ2v) is 6.96. The fourth-order valence-corrected chi connectivity index (χ4v) is 3.67. The van der Waals surface area contributed by atoms with E-state index in [1.54, 1.807) is 0 Å². The topological polar surface area (TPSA) is 61.7 Å². The molecule has 1 aliphatic carbocycles. The molecule has 0 heterocycles. The fourth-order valence-electron chi connectivity index (χ4n) is 3.67. The molecule has 0 radical (unpaired) electrons. The number of para-hydroxylation sites is 1. The van der Waals surface area contributed by atoms with Gasteiger partial charge in [-0.1, -0.05) is 42.5 Å². The van der Waals surface area contributed by atoms with Gasteiger partial charge in [0.25, 0.3) is 0 Å². The molecule has 134 valence electrons. The summed E-state index contributed by atoms with van der Waals surface area (Å²) in [4.78, 5) is 0. The highest BCUT2D eigenvalue weighted by atomic mass is 16.5. The van der Waals surface area contributed by atoms with Crippen molar-refractivity contribution in [2.45, 2.75) is 38.3 Å². The summed E-state index contributed by atoms with van der Waals surface area (Å²) in [7, 11) is 0. The van der Waals surface area contributed by atoms with Gasteiger partial charge in [0.15, 0.2) is 0 Å². The zero-order chi connectivity index (χ0) is 17.9. The molecule has 25 heavy (non-hydrogen) atoms. The summed E-state index contributed by atoms with van der Waals surface area (Å²) in [6.45, 7) is 4.63. The Kier molecular flexibility index (Phi) is 5.42. The van der Waals surface area contributed by atoms with Gasteiger partial charge in [0.2, 0.25) is 0 Å². The second kappa shape index (κ2) is 7.56. The average Bonchev–Trinajstić information content (AvgIpc) is 2.99. The number of fused-ring (bicyclic) bond motifs is 1. The van der Waals surface area contributed by atoms with Crippen LogP contribution in [0.15, 0.2) is 42.5 Å². The van der Waals surface area contributed by atoms with Crippen molar-refractivity contribution in [2.75, 3.05) is 19.8 Å². The van der Waals surface area contributed by atoms with E-state index in [9.17, 15) is 10.2 Å². The summed E-state index contributed by atoms with van der Waals surface area (Å²) in [5, 5.41) is 23.7. The molecule has 1 aliphatic rings. The van der Waals surface area contributed by atoms with Crippen molar-refractivity contribution in [3.63, 3.8) is 0 Å². The van der Waals surface area contributed by atoms with E-state index in [0.717, 1.165) is 35.3 Å². The summed E-state index contributed by atoms with van der Waals surface area (Å²) in [6, 6.07) is 14.2. The minimum absolute atomic E-state index is 0.0223. The monoisotopic (exact) mass is 341 g/mol. The molecule has 0 bridgehead atoms. The van der Waals surface area contributed by atoms with Gasteiger partial charge in [0, 0.05) is 6.54 Å². The number of hydrogen-bond donors (Lipinski definition) is 3. The smallest absolute Gasteiger partial charge is 0.125 e. The van der Waals surface area contributed by atoms with E-state index < -0.39 is 11.6 Å². The largest absolute Gasteiger partial charge is 0.490 e. The van der Waals surface area contributed by atoms with Gasteiger partial charge in [-0.25, -0.2) is 0 Å². The lowest BCUT2D eigenvalue weighted by atomic mass is 9.92. The Morgan fingerprint density at radius 2 is 1.84 bits per heavy atom. The van der Waals surface area contributed by atoms with E-state index in [4.69, 9.17) is 4.74 Å². The van der Waals surface area contributed by atoms with E-state index in [0.29, 0.717) is 6.54 Å². The van der Waals surface area contributed by atoms with Crippen molar-refractivity contribution < 1.29 is 14.9 Å². The van der Waals surface area contributed by atoms with Gasteiger partial charge in [0.1, 0.15) is 18.5 Å². The van der Waals surface area contributed by atoms with Crippen LogP contribution >= 0.6 is 0 Å². The van der Waals surface area contributed by atoms with Crippen LogP contribution in [0.25, 0.3) is 0 Å². The lowest BCUT2D eigenvalue weighted by molar-refractivity contribution is 0.0828. The first-order valence-electron chi connectivity index (χ1n) is 8.87. The van der Waals surface area contributed by atoms with Gasteiger partial charge in [0.05, 0.1) is 12.1 Å². The Hall–Kier alpha value is -1.88. The summed E-state index contributed by atoms with van der Waals surface area (Å²) in [5.41, 5.74) is 4.08. The Labute approximate surface area is 149 Å². The van der Waals surface area contributed by atoms with Gasteiger partial charge < -0.3 is 20.3 Å². The number of aryl methyl sites for hydroxylation is 3. The van der Waals surface area contributed by atoms with Crippen LogP contribution in [0.3, 0.4) is 0 Å². The minimum Gasteiger partial charge on any atom is -0.490 e. The summed E-state index contributed by atoms with van der Waals surface area (Å²) in [6.07, 6.45) is 1.14. The van der Waals surface area contributed by atoms with Crippen LogP contribution in [-0.4, -0.2) is 36.1 Å². The molecule has 0 spiro atoms. The van der Waals surface area contributed by atoms with Gasteiger partial charge in [-0.05, 0) is 48.9 Å². The fraction of sp³-hybridized carbons (Fsp3) is 0.429. The maximum atomic E-state index is 10.3. The number of rotatable bonds is 7. The zero-order valence-electron chi connectivity index (χ0n) is 15.0. The molecule has 2 aromatic rings. The van der Waals surface area contributed by atoms with Crippen molar-refractivity contribution in [3.8, 4) is 5.75 Å². The number of hydrogen-bond acceptors (Lipinski definition) is 4. The van der Waals surface area contributed by atoms with Gasteiger partial charge in [-0.15, -0.1) is 0 Å². The van der Waals surface area contributed by atoms with Crippen molar-refractivity contribution >= 4 is 0 Å². The molecule has 0 saturated heterocycles. The molecule has 2 atom stereocenters. The normalized spacial score (nSPS) is 20.3. The van der Waals surface area contributed by atoms with Crippen LogP contribution in [0.4, 0.5) is 0 Å². The molecule has 0 aromatic heterocycles. The summed E-state index contributed by atoms with van der Waals surface area (Å²) >= 11 is 0. The molecule has 0 amide bonds. The lowest BCUT2D eigenvalue weighted by Crippen LogP contribution is -2.48. The molecule has 0 fully saturated rings. The third-order valence-corrected chi connectivity index (χ3v) is 5.13. The molecule has 3 rings (SSSR count). The van der Waals surface area contributed by atoms with Crippen molar-refractivity contribution in [1.82, 2.24) is 5.32 Å². The molecular formula is C21H27NO3. The third kappa shape index (κ3) is 3.71. The second-order valence-electron chi connectivity index (χ2n) is 6.96. The highest BCUT2D eigenvalue weighted by Gasteiger charge is 2.37. The van der Waals surface area contributed by atoms with Gasteiger partial charge in [-0.2, -0.15) is 0 Å². The van der Waals surface area contributed by atoms with E-state index >= 15 is 0 Å². The van der Waals surface area contributed by atoms with Crippen molar-refractivity contribution in [3.05, 3.63) is 64.7 Å². The standard InChI is InChI=1S/C21H27NO3/c1-15-6-5-7-16(2)20(15)25-13-18(24)12-22-21(14-23)11-10-17-8-3-4-9-19(17)21/h3-9,18,22-24H,10-14H2,1-2H3. The molecule has 3 N–H and O–H groups in total. The molecule has 4 nitrogen and oxygen atoms in total. The molecule has 2 aromatic carbocycles. The van der Waals surface area contributed by atoms with Crippen molar-refractivity contribution in [2.24, 2.45) is 0 Å². The number of aliphatic hydroxyl groups excluding tert-OH is 2. The van der Waals surface area contributed by atoms with Crippen LogP contribution in [0.5, 0.6) is 5.75 Å². The number of ether oxygens (including phenoxy) is 1. The van der Waals surface area contributed by atoms with E-state index in [1.165, 1.54) is 5.56 Å². The summed E-state index contributed by atoms with van der Waals surface area (Å²) < 4.78 is 5.83. The number of nitrogens with one attached hydrogen (secondary N) is 1. The molecule has 0 aliphatic heterocycles. The van der Waals surface area contributed by atoms with Crippen LogP contribution < -0.4 is 10.1 Å². The predicted octanol–water partition coefficient (Wildman–Crippen LogP) is 2.47. The van der Waals surface area contributed by atoms with E-state index in [1.807, 2.05) is 44.2 Å². The first-order chi connectivity index (χ1) is 12.1. The van der Waals surface area contributed by atoms with E-state index in [-0.39, 0.29) is 13.2 Å². The van der Waals surface area contributed by atoms with Crippen LogP contribution in [0.1, 0.15) is 28.7 Å². The first kappa shape index (κ1) is 17.9. The van der Waals surface area contributed by atoms with Crippen molar-refractivity contribution in [1.29, 1.82) is 0 Å². The molecular weight excluding hydrogens is 314 g/mol. The number of aliphatic hydroxyl groups is 2. The quantitative estimate of drug-likeness (QED) is 0.724. The summed E-state index contributed by atoms with van der Waals surface area (Å²) in [5.74, 6) is 0.838. The highest BCUT2D eigenvalue weighted by Crippen LogP contribution is 2.36. The third-order valence-electron chi connectivity index (χ3n) is 5.13. The Morgan fingerprint density at radius 3 is 2.56 bits per heavy atom. The Morgan fingerprint density at radius 1 is 1.12 bits per heavy atom. The predicted molar refractivity (Wildman–Crippen MR) is 98.9 cm³/mol. The molecule has 4 heteroatoms. The number of benzene rings is 2. The average molecular weight is 341 g/mol. The maximum absolute atomic E-state index is 10.3. The van der Waals surface area contributed by atoms with Gasteiger partial charge in [-0.3, -0.25) is 0 Å². The maximum Gasteiger partial charge on any atom is 0.125 e. The Balaban J connectivity index is 1.60. The lowest BCUT2D eigenvalue weighted by Gasteiger charge is -2.31.